The molecule has 1 saturated heterocycles. The number of aromatic amines is 1. The summed E-state index contributed by atoms with van der Waals surface area (Å²) in [6, 6.07) is 38.2. The van der Waals surface area contributed by atoms with E-state index in [2.05, 4.69) is 19.1 Å². The van der Waals surface area contributed by atoms with Gasteiger partial charge in [0, 0.05) is 6.42 Å². The molecule has 0 radical (unpaired) electrons. The van der Waals surface area contributed by atoms with Crippen LogP contribution in [0.25, 0.3) is 0 Å². The summed E-state index contributed by atoms with van der Waals surface area (Å²) < 4.78 is 35.2. The van der Waals surface area contributed by atoms with Crippen LogP contribution in [0, 0.1) is 5.82 Å². The van der Waals surface area contributed by atoms with E-state index >= 15 is 0 Å². The number of aromatic nitrogens is 2. The molecule has 0 bridgehead atoms. The molecule has 230 valence electrons. The first-order chi connectivity index (χ1) is 22.0. The Morgan fingerprint density at radius 3 is 1.89 bits per heavy atom. The fourth-order valence-corrected chi connectivity index (χ4v) is 5.92. The zero-order valence-corrected chi connectivity index (χ0v) is 25.0. The van der Waals surface area contributed by atoms with Gasteiger partial charge >= 0.3 is 5.69 Å². The van der Waals surface area contributed by atoms with Crippen molar-refractivity contribution in [1.82, 2.24) is 9.55 Å². The lowest BCUT2D eigenvalue weighted by molar-refractivity contribution is -0.106. The second-order valence-corrected chi connectivity index (χ2v) is 11.1. The van der Waals surface area contributed by atoms with Gasteiger partial charge in [0.1, 0.15) is 17.9 Å². The van der Waals surface area contributed by atoms with Crippen molar-refractivity contribution >= 4 is 0 Å². The van der Waals surface area contributed by atoms with E-state index < -0.39 is 41.1 Å². The number of benzene rings is 4. The first kappa shape index (κ1) is 30.4. The summed E-state index contributed by atoms with van der Waals surface area (Å²) in [6.07, 6.45) is 0.0867. The van der Waals surface area contributed by atoms with E-state index in [-0.39, 0.29) is 13.0 Å². The van der Waals surface area contributed by atoms with Crippen molar-refractivity contribution in [2.75, 3.05) is 6.61 Å². The smallest absolute Gasteiger partial charge is 0.330 e. The lowest BCUT2D eigenvalue weighted by atomic mass is 9.80. The van der Waals surface area contributed by atoms with Crippen LogP contribution in [0.15, 0.2) is 131 Å². The first-order valence-electron chi connectivity index (χ1n) is 15.1. The maximum Gasteiger partial charge on any atom is 0.330 e. The third-order valence-electron chi connectivity index (χ3n) is 8.32. The van der Waals surface area contributed by atoms with Gasteiger partial charge in [-0.1, -0.05) is 122 Å². The van der Waals surface area contributed by atoms with Crippen LogP contribution < -0.4 is 11.2 Å². The Balaban J connectivity index is 1.35. The van der Waals surface area contributed by atoms with E-state index in [1.807, 2.05) is 108 Å². The average molecular weight is 607 g/mol. The van der Waals surface area contributed by atoms with E-state index in [9.17, 15) is 14.0 Å². The Morgan fingerprint density at radius 2 is 1.36 bits per heavy atom. The normalized spacial score (nSPS) is 18.2. The number of H-pyrrole nitrogens is 1. The molecule has 0 unspecified atom stereocenters. The van der Waals surface area contributed by atoms with Crippen LogP contribution in [0.3, 0.4) is 0 Å². The molecule has 6 rings (SSSR count). The molecule has 1 aromatic heterocycles. The second-order valence-electron chi connectivity index (χ2n) is 11.1. The van der Waals surface area contributed by atoms with Crippen molar-refractivity contribution in [3.05, 3.63) is 176 Å². The number of halogens is 1. The SMILES string of the molecule is CCc1ccc(CO[C@H]2C[C@H](n3cc(F)c(=O)[nH]c3=O)O[C@@H]2COC(c2ccccc2)(c2ccccc2)c2ccccc2)cc1. The summed E-state index contributed by atoms with van der Waals surface area (Å²) in [5.41, 5.74) is 2.21. The highest BCUT2D eigenvalue weighted by Crippen LogP contribution is 2.42. The molecular weight excluding hydrogens is 571 g/mol. The van der Waals surface area contributed by atoms with Gasteiger partial charge in [0.2, 0.25) is 5.82 Å². The Bertz CT molecular complexity index is 1710. The number of rotatable bonds is 11. The molecule has 8 heteroatoms. The van der Waals surface area contributed by atoms with Gasteiger partial charge in [-0.25, -0.2) is 4.79 Å². The monoisotopic (exact) mass is 606 g/mol. The quantitative estimate of drug-likeness (QED) is 0.183. The molecule has 0 saturated carbocycles. The molecule has 7 nitrogen and oxygen atoms in total. The number of ether oxygens (including phenoxy) is 3. The van der Waals surface area contributed by atoms with E-state index in [4.69, 9.17) is 14.2 Å². The fraction of sp³-hybridized carbons (Fsp3) is 0.243. The maximum absolute atomic E-state index is 14.3. The predicted octanol–water partition coefficient (Wildman–Crippen LogP) is 6.12. The highest BCUT2D eigenvalue weighted by Gasteiger charge is 2.43. The molecule has 1 fully saturated rings. The van der Waals surface area contributed by atoms with Crippen LogP contribution in [0.4, 0.5) is 4.39 Å². The number of hydrogen-bond acceptors (Lipinski definition) is 5. The van der Waals surface area contributed by atoms with Crippen molar-refractivity contribution in [3.8, 4) is 0 Å². The lowest BCUT2D eigenvalue weighted by Crippen LogP contribution is -2.38. The van der Waals surface area contributed by atoms with Crippen LogP contribution in [-0.2, 0) is 32.8 Å². The van der Waals surface area contributed by atoms with Gasteiger partial charge in [0.05, 0.1) is 25.5 Å². The molecule has 45 heavy (non-hydrogen) atoms. The molecule has 0 amide bonds. The van der Waals surface area contributed by atoms with E-state index in [0.29, 0.717) is 6.61 Å². The molecule has 2 heterocycles. The van der Waals surface area contributed by atoms with E-state index in [1.165, 1.54) is 5.56 Å². The summed E-state index contributed by atoms with van der Waals surface area (Å²) in [7, 11) is 0. The zero-order valence-electron chi connectivity index (χ0n) is 25.0. The van der Waals surface area contributed by atoms with Gasteiger partial charge in [-0.3, -0.25) is 14.3 Å². The van der Waals surface area contributed by atoms with E-state index in [0.717, 1.165) is 39.4 Å². The van der Waals surface area contributed by atoms with Crippen molar-refractivity contribution in [2.45, 2.75) is 50.4 Å². The number of hydrogen-bond donors (Lipinski definition) is 1. The summed E-state index contributed by atoms with van der Waals surface area (Å²) in [4.78, 5) is 26.4. The zero-order chi connectivity index (χ0) is 31.2. The third-order valence-corrected chi connectivity index (χ3v) is 8.32. The second kappa shape index (κ2) is 13.6. The van der Waals surface area contributed by atoms with Gasteiger partial charge in [-0.2, -0.15) is 4.39 Å². The highest BCUT2D eigenvalue weighted by molar-refractivity contribution is 5.47. The molecule has 1 aliphatic rings. The standard InChI is InChI=1S/C37H35FN2O5/c1-2-26-18-20-27(21-19-26)24-43-32-22-34(40-23-31(38)35(41)39-36(40)42)45-33(32)25-44-37(28-12-6-3-7-13-28,29-14-8-4-9-15-29)30-16-10-5-11-17-30/h3-21,23,32-34H,2,22,24-25H2,1H3,(H,39,41,42)/t32-,33+,34+/m0/s1. The van der Waals surface area contributed by atoms with Crippen LogP contribution in [-0.4, -0.2) is 28.4 Å². The molecule has 1 N–H and O–H groups in total. The minimum absolute atomic E-state index is 0.0925. The Kier molecular flexibility index (Phi) is 9.16. The number of nitrogens with one attached hydrogen (secondary N) is 1. The van der Waals surface area contributed by atoms with Crippen LogP contribution in [0.2, 0.25) is 0 Å². The molecule has 1 aliphatic heterocycles. The molecule has 0 aliphatic carbocycles. The topological polar surface area (TPSA) is 82.6 Å². The molecule has 0 spiro atoms. The van der Waals surface area contributed by atoms with Crippen LogP contribution >= 0.6 is 0 Å². The van der Waals surface area contributed by atoms with Gasteiger partial charge in [-0.05, 0) is 34.2 Å². The van der Waals surface area contributed by atoms with Crippen molar-refractivity contribution in [1.29, 1.82) is 0 Å². The van der Waals surface area contributed by atoms with Crippen molar-refractivity contribution < 1.29 is 18.6 Å². The minimum Gasteiger partial charge on any atom is -0.371 e. The van der Waals surface area contributed by atoms with Gasteiger partial charge in [0.25, 0.3) is 5.56 Å². The van der Waals surface area contributed by atoms with Crippen molar-refractivity contribution in [2.24, 2.45) is 0 Å². The average Bonchev–Trinajstić information content (AvgIpc) is 3.50. The van der Waals surface area contributed by atoms with Gasteiger partial charge in [0.15, 0.2) is 0 Å². The Hall–Kier alpha value is -4.63. The largest absolute Gasteiger partial charge is 0.371 e. The molecule has 3 atom stereocenters. The van der Waals surface area contributed by atoms with Gasteiger partial charge < -0.3 is 14.2 Å². The van der Waals surface area contributed by atoms with Crippen LogP contribution in [0.1, 0.15) is 47.4 Å². The number of aryl methyl sites for hydroxylation is 1. The molecule has 5 aromatic rings. The van der Waals surface area contributed by atoms with Gasteiger partial charge in [-0.15, -0.1) is 0 Å². The first-order valence-corrected chi connectivity index (χ1v) is 15.1. The summed E-state index contributed by atoms with van der Waals surface area (Å²) in [5, 5.41) is 0. The predicted molar refractivity (Wildman–Crippen MR) is 169 cm³/mol. The summed E-state index contributed by atoms with van der Waals surface area (Å²) in [6.45, 7) is 2.51. The minimum atomic E-state index is -1.07. The molecular formula is C37H35FN2O5. The molecule has 4 aromatic carbocycles. The fourth-order valence-electron chi connectivity index (χ4n) is 5.92. The third kappa shape index (κ3) is 6.44. The lowest BCUT2D eigenvalue weighted by Gasteiger charge is -2.37. The Labute approximate surface area is 260 Å². The number of nitrogens with zero attached hydrogens (tertiary/aromatic N) is 1. The maximum atomic E-state index is 14.3. The highest BCUT2D eigenvalue weighted by atomic mass is 19.1. The van der Waals surface area contributed by atoms with E-state index in [1.54, 1.807) is 0 Å². The summed E-state index contributed by atoms with van der Waals surface area (Å²) in [5.74, 6) is -1.07. The van der Waals surface area contributed by atoms with Crippen molar-refractivity contribution in [3.63, 3.8) is 0 Å². The summed E-state index contributed by atoms with van der Waals surface area (Å²) >= 11 is 0. The van der Waals surface area contributed by atoms with Crippen LogP contribution in [0.5, 0.6) is 0 Å². The Morgan fingerprint density at radius 1 is 0.822 bits per heavy atom.